The van der Waals surface area contributed by atoms with E-state index >= 15 is 0 Å². The van der Waals surface area contributed by atoms with Crippen LogP contribution >= 0.6 is 0 Å². The van der Waals surface area contributed by atoms with Crippen LogP contribution in [0.4, 0.5) is 9.59 Å². The lowest BCUT2D eigenvalue weighted by molar-refractivity contribution is -0.175. The molecule has 2 amide bonds. The second kappa shape index (κ2) is 12.5. The maximum absolute atomic E-state index is 13.0. The Labute approximate surface area is 227 Å². The minimum absolute atomic E-state index is 0.0238. The van der Waals surface area contributed by atoms with Crippen LogP contribution in [0.1, 0.15) is 71.0 Å². The van der Waals surface area contributed by atoms with Crippen LogP contribution in [0.25, 0.3) is 11.3 Å². The summed E-state index contributed by atoms with van der Waals surface area (Å²) in [7, 11) is 0. The number of ether oxygens (including phenoxy) is 3. The van der Waals surface area contributed by atoms with Gasteiger partial charge in [-0.05, 0) is 38.3 Å². The number of unbranched alkanes of at least 4 members (excludes halogenated alkanes) is 2. The van der Waals surface area contributed by atoms with Crippen LogP contribution in [-0.4, -0.2) is 53.2 Å². The Kier molecular flexibility index (Phi) is 9.11. The lowest BCUT2D eigenvalue weighted by Crippen LogP contribution is -2.62. The molecule has 0 saturated heterocycles. The average molecular weight is 544 g/mol. The summed E-state index contributed by atoms with van der Waals surface area (Å²) in [4.78, 5) is 42.2. The fourth-order valence-electron chi connectivity index (χ4n) is 5.19. The van der Waals surface area contributed by atoms with Crippen molar-refractivity contribution in [2.24, 2.45) is 5.92 Å². The van der Waals surface area contributed by atoms with Gasteiger partial charge in [-0.25, -0.2) is 14.4 Å². The molecule has 2 aliphatic rings. The molecule has 2 unspecified atom stereocenters. The third-order valence-electron chi connectivity index (χ3n) is 7.39. The van der Waals surface area contributed by atoms with Gasteiger partial charge in [-0.1, -0.05) is 26.7 Å². The zero-order valence-corrected chi connectivity index (χ0v) is 22.6. The highest BCUT2D eigenvalue weighted by Crippen LogP contribution is 2.51. The van der Waals surface area contributed by atoms with E-state index in [1.165, 1.54) is 0 Å². The Morgan fingerprint density at radius 1 is 1.13 bits per heavy atom. The molecular weight excluding hydrogens is 506 g/mol. The van der Waals surface area contributed by atoms with Crippen molar-refractivity contribution in [1.29, 1.82) is 0 Å². The number of pyridine rings is 1. The maximum Gasteiger partial charge on any atom is 0.407 e. The van der Waals surface area contributed by atoms with E-state index in [1.807, 2.05) is 13.8 Å². The van der Waals surface area contributed by atoms with Gasteiger partial charge in [0.05, 0.1) is 6.10 Å². The number of amides is 2. The van der Waals surface area contributed by atoms with Gasteiger partial charge in [-0.3, -0.25) is 4.98 Å². The smallest absolute Gasteiger partial charge is 0.407 e. The molecule has 4 rings (SSSR count). The highest BCUT2D eigenvalue weighted by atomic mass is 16.6. The van der Waals surface area contributed by atoms with Gasteiger partial charge >= 0.3 is 17.8 Å². The van der Waals surface area contributed by atoms with Crippen molar-refractivity contribution in [3.05, 3.63) is 46.6 Å². The summed E-state index contributed by atoms with van der Waals surface area (Å²) in [6.45, 7) is 6.69. The van der Waals surface area contributed by atoms with Crippen LogP contribution in [0.2, 0.25) is 0 Å². The number of carbonyl (C=O) groups excluding carboxylic acids is 2. The lowest BCUT2D eigenvalue weighted by atomic mass is 9.68. The molecule has 11 nitrogen and oxygen atoms in total. The highest BCUT2D eigenvalue weighted by molar-refractivity contribution is 5.68. The summed E-state index contributed by atoms with van der Waals surface area (Å²) in [6.07, 6.45) is 2.84. The van der Waals surface area contributed by atoms with Crippen molar-refractivity contribution >= 4 is 12.2 Å². The fourth-order valence-corrected chi connectivity index (χ4v) is 5.19. The van der Waals surface area contributed by atoms with Crippen molar-refractivity contribution in [3.63, 3.8) is 0 Å². The van der Waals surface area contributed by atoms with Crippen LogP contribution in [0.3, 0.4) is 0 Å². The molecule has 0 aromatic carbocycles. The molecule has 1 aliphatic heterocycles. The third-order valence-corrected chi connectivity index (χ3v) is 7.39. The predicted octanol–water partition coefficient (Wildman–Crippen LogP) is 4.09. The second-order valence-corrected chi connectivity index (χ2v) is 10.2. The van der Waals surface area contributed by atoms with E-state index in [2.05, 4.69) is 15.6 Å². The molecule has 5 atom stereocenters. The first kappa shape index (κ1) is 28.4. The molecule has 0 spiro atoms. The Balaban J connectivity index is 1.64. The Hall–Kier alpha value is -3.60. The molecule has 1 fully saturated rings. The van der Waals surface area contributed by atoms with Gasteiger partial charge in [0, 0.05) is 49.5 Å². The molecule has 1 aliphatic carbocycles. The van der Waals surface area contributed by atoms with Crippen LogP contribution in [-0.2, 0) is 9.47 Å². The van der Waals surface area contributed by atoms with E-state index in [9.17, 15) is 19.5 Å². The summed E-state index contributed by atoms with van der Waals surface area (Å²) in [6, 6.07) is 4.99. The van der Waals surface area contributed by atoms with Crippen LogP contribution in [0.5, 0.6) is 5.75 Å². The number of aliphatic hydroxyl groups is 1. The van der Waals surface area contributed by atoms with Gasteiger partial charge in [-0.15, -0.1) is 0 Å². The molecule has 0 bridgehead atoms. The van der Waals surface area contributed by atoms with Gasteiger partial charge in [0.2, 0.25) is 0 Å². The van der Waals surface area contributed by atoms with E-state index < -0.39 is 47.6 Å². The first-order chi connectivity index (χ1) is 18.8. The van der Waals surface area contributed by atoms with Crippen molar-refractivity contribution in [2.75, 3.05) is 13.1 Å². The van der Waals surface area contributed by atoms with Crippen LogP contribution < -0.4 is 21.0 Å². The number of alkyl carbamates (subject to hydrolysis) is 2. The Bertz CT molecular complexity index is 1200. The largest absolute Gasteiger partial charge is 0.482 e. The van der Waals surface area contributed by atoms with E-state index in [4.69, 9.17) is 18.6 Å². The minimum atomic E-state index is -1.30. The van der Waals surface area contributed by atoms with Crippen molar-refractivity contribution < 1.29 is 33.3 Å². The quantitative estimate of drug-likeness (QED) is 0.398. The van der Waals surface area contributed by atoms with Crippen LogP contribution in [0, 0.1) is 5.92 Å². The summed E-state index contributed by atoms with van der Waals surface area (Å²) in [5, 5.41) is 16.9. The number of aromatic nitrogens is 1. The van der Waals surface area contributed by atoms with E-state index in [0.29, 0.717) is 18.7 Å². The molecule has 3 heterocycles. The van der Waals surface area contributed by atoms with Crippen LogP contribution in [0.15, 0.2) is 39.8 Å². The summed E-state index contributed by atoms with van der Waals surface area (Å²) in [5.74, 6) is -0.350. The molecule has 3 N–H and O–H groups in total. The standard InChI is InChI=1S/C28H37N3O8/c1-4-6-11-30-26(34)36-18-13-19-24(32)23-21(15-20(37-25(23)33)17-9-8-10-29-16-17)39-28(19,3)22(14-18)38-27(35)31-12-7-5-2/h8-10,15-16,18-19,22,24,32H,4-7,11-14H2,1-3H3,(H,30,34)(H,31,35)/t18-,19?,22-,24?,28-/m1/s1. The van der Waals surface area contributed by atoms with Crippen molar-refractivity contribution in [1.82, 2.24) is 15.6 Å². The number of aliphatic hydroxyl groups excluding tert-OH is 1. The Morgan fingerprint density at radius 3 is 2.46 bits per heavy atom. The minimum Gasteiger partial charge on any atom is -0.482 e. The zero-order valence-electron chi connectivity index (χ0n) is 22.6. The zero-order chi connectivity index (χ0) is 28.0. The van der Waals surface area contributed by atoms with Gasteiger partial charge in [0.1, 0.15) is 34.9 Å². The van der Waals surface area contributed by atoms with Gasteiger partial charge < -0.3 is 34.4 Å². The monoisotopic (exact) mass is 543 g/mol. The summed E-state index contributed by atoms with van der Waals surface area (Å²) < 4.78 is 23.4. The molecule has 2 aromatic rings. The number of hydrogen-bond acceptors (Lipinski definition) is 9. The highest BCUT2D eigenvalue weighted by Gasteiger charge is 2.58. The van der Waals surface area contributed by atoms with Crippen molar-refractivity contribution in [2.45, 2.75) is 83.2 Å². The van der Waals surface area contributed by atoms with E-state index in [1.54, 1.807) is 37.5 Å². The number of fused-ring (bicyclic) bond motifs is 2. The third kappa shape index (κ3) is 6.35. The van der Waals surface area contributed by atoms with Gasteiger partial charge in [0.15, 0.2) is 0 Å². The molecular formula is C28H37N3O8. The molecule has 2 aromatic heterocycles. The first-order valence-corrected chi connectivity index (χ1v) is 13.6. The molecule has 0 radical (unpaired) electrons. The predicted molar refractivity (Wildman–Crippen MR) is 141 cm³/mol. The second-order valence-electron chi connectivity index (χ2n) is 10.2. The molecule has 11 heteroatoms. The van der Waals surface area contributed by atoms with E-state index in [-0.39, 0.29) is 29.9 Å². The topological polar surface area (TPSA) is 149 Å². The van der Waals surface area contributed by atoms with Gasteiger partial charge in [0.25, 0.3) is 0 Å². The molecule has 212 valence electrons. The fraction of sp³-hybridized carbons (Fsp3) is 0.571. The SMILES string of the molecule is CCCCNC(=O)O[C@@H]1CC2C(O)c3c(cc(-c4cccnc4)oc3=O)O[C@@]2(C)[C@H](OC(=O)NCCCC)C1. The number of carbonyl (C=O) groups is 2. The maximum atomic E-state index is 13.0. The number of nitrogens with one attached hydrogen (secondary N) is 2. The summed E-state index contributed by atoms with van der Waals surface area (Å²) >= 11 is 0. The number of hydrogen-bond donors (Lipinski definition) is 3. The number of nitrogens with zero attached hydrogens (tertiary/aromatic N) is 1. The van der Waals surface area contributed by atoms with Crippen molar-refractivity contribution in [3.8, 4) is 17.1 Å². The molecule has 39 heavy (non-hydrogen) atoms. The molecule has 1 saturated carbocycles. The first-order valence-electron chi connectivity index (χ1n) is 13.6. The lowest BCUT2D eigenvalue weighted by Gasteiger charge is -2.52. The van der Waals surface area contributed by atoms with Gasteiger partial charge in [-0.2, -0.15) is 0 Å². The van der Waals surface area contributed by atoms with E-state index in [0.717, 1.165) is 25.7 Å². The average Bonchev–Trinajstić information content (AvgIpc) is 2.90. The Morgan fingerprint density at radius 2 is 1.82 bits per heavy atom. The summed E-state index contributed by atoms with van der Waals surface area (Å²) in [5.41, 5.74) is -1.41. The normalized spacial score (nSPS) is 25.4. The number of rotatable bonds is 9.